The van der Waals surface area contributed by atoms with Crippen molar-refractivity contribution in [3.8, 4) is 0 Å². The highest BCUT2D eigenvalue weighted by molar-refractivity contribution is 6.31. The second-order valence-electron chi connectivity index (χ2n) is 7.80. The van der Waals surface area contributed by atoms with Crippen LogP contribution >= 0.6 is 11.6 Å². The molecule has 1 fully saturated rings. The second-order valence-corrected chi connectivity index (χ2v) is 8.20. The molecule has 3 aromatic rings. The van der Waals surface area contributed by atoms with E-state index < -0.39 is 0 Å². The topological polar surface area (TPSA) is 41.5 Å². The Morgan fingerprint density at radius 2 is 1.90 bits per heavy atom. The van der Waals surface area contributed by atoms with Gasteiger partial charge in [0.25, 0.3) is 0 Å². The number of anilines is 1. The van der Waals surface area contributed by atoms with E-state index in [4.69, 9.17) is 21.3 Å². The van der Waals surface area contributed by atoms with Gasteiger partial charge in [-0.3, -0.25) is 9.88 Å². The highest BCUT2D eigenvalue weighted by Crippen LogP contribution is 2.25. The molecule has 0 aliphatic carbocycles. The van der Waals surface area contributed by atoms with Gasteiger partial charge in [0.05, 0.1) is 12.3 Å². The lowest BCUT2D eigenvalue weighted by Gasteiger charge is -2.33. The summed E-state index contributed by atoms with van der Waals surface area (Å²) in [4.78, 5) is 13.9. The standard InChI is InChI=1S/C24H27ClN4O/c1-28(2)24-19(8-6-12-26-24)16-29-13-14-30-23(17-29)22-11-5-9-20(27-22)15-18-7-3-4-10-21(18)25/h3-12,23H,13-17H2,1-2H3/t23-/m0/s1. The number of morpholine rings is 1. The fraction of sp³-hybridized carbons (Fsp3) is 0.333. The zero-order chi connectivity index (χ0) is 20.9. The monoisotopic (exact) mass is 422 g/mol. The second kappa shape index (κ2) is 9.56. The van der Waals surface area contributed by atoms with Gasteiger partial charge in [-0.15, -0.1) is 0 Å². The Labute approximate surface area is 183 Å². The Bertz CT molecular complexity index is 994. The Balaban J connectivity index is 1.47. The molecule has 1 atom stereocenters. The first-order valence-corrected chi connectivity index (χ1v) is 10.6. The van der Waals surface area contributed by atoms with Crippen molar-refractivity contribution in [3.63, 3.8) is 0 Å². The lowest BCUT2D eigenvalue weighted by atomic mass is 10.1. The number of benzene rings is 1. The van der Waals surface area contributed by atoms with E-state index in [-0.39, 0.29) is 6.10 Å². The third-order valence-electron chi connectivity index (χ3n) is 5.32. The van der Waals surface area contributed by atoms with E-state index in [9.17, 15) is 0 Å². The normalized spacial score (nSPS) is 17.1. The molecule has 0 saturated carbocycles. The minimum atomic E-state index is -0.0376. The fourth-order valence-electron chi connectivity index (χ4n) is 3.84. The molecule has 0 bridgehead atoms. The van der Waals surface area contributed by atoms with Gasteiger partial charge in [0, 0.05) is 62.6 Å². The zero-order valence-electron chi connectivity index (χ0n) is 17.5. The molecule has 1 aromatic carbocycles. The highest BCUT2D eigenvalue weighted by atomic mass is 35.5. The van der Waals surface area contributed by atoms with E-state index in [1.807, 2.05) is 56.7 Å². The van der Waals surface area contributed by atoms with Gasteiger partial charge in [-0.1, -0.05) is 41.9 Å². The van der Waals surface area contributed by atoms with Crippen LogP contribution in [0.25, 0.3) is 0 Å². The Kier molecular flexibility index (Phi) is 6.62. The van der Waals surface area contributed by atoms with E-state index in [1.165, 1.54) is 5.56 Å². The van der Waals surface area contributed by atoms with Crippen molar-refractivity contribution in [2.24, 2.45) is 0 Å². The van der Waals surface area contributed by atoms with Crippen molar-refractivity contribution >= 4 is 17.4 Å². The molecule has 0 unspecified atom stereocenters. The van der Waals surface area contributed by atoms with Crippen LogP contribution in [0, 0.1) is 0 Å². The predicted octanol–water partition coefficient (Wildman–Crippen LogP) is 4.36. The summed E-state index contributed by atoms with van der Waals surface area (Å²) in [6.45, 7) is 3.25. The Morgan fingerprint density at radius 1 is 1.07 bits per heavy atom. The van der Waals surface area contributed by atoms with E-state index in [2.05, 4.69) is 33.0 Å². The van der Waals surface area contributed by atoms with Gasteiger partial charge in [-0.2, -0.15) is 0 Å². The van der Waals surface area contributed by atoms with Crippen molar-refractivity contribution in [2.75, 3.05) is 38.7 Å². The molecule has 4 rings (SSSR count). The first-order chi connectivity index (χ1) is 14.6. The lowest BCUT2D eigenvalue weighted by molar-refractivity contribution is -0.0350. The van der Waals surface area contributed by atoms with Gasteiger partial charge in [-0.05, 0) is 29.8 Å². The molecule has 0 spiro atoms. The predicted molar refractivity (Wildman–Crippen MR) is 121 cm³/mol. The zero-order valence-corrected chi connectivity index (χ0v) is 18.2. The highest BCUT2D eigenvalue weighted by Gasteiger charge is 2.24. The van der Waals surface area contributed by atoms with Crippen LogP contribution < -0.4 is 4.90 Å². The van der Waals surface area contributed by atoms with E-state index in [0.29, 0.717) is 13.0 Å². The van der Waals surface area contributed by atoms with Crippen molar-refractivity contribution in [1.29, 1.82) is 0 Å². The maximum absolute atomic E-state index is 6.33. The van der Waals surface area contributed by atoms with Crippen molar-refractivity contribution in [3.05, 3.63) is 88.3 Å². The van der Waals surface area contributed by atoms with Crippen LogP contribution in [-0.4, -0.2) is 48.7 Å². The van der Waals surface area contributed by atoms with Crippen molar-refractivity contribution in [2.45, 2.75) is 19.1 Å². The van der Waals surface area contributed by atoms with E-state index in [0.717, 1.165) is 47.4 Å². The molecule has 0 amide bonds. The average Bonchev–Trinajstić information content (AvgIpc) is 2.76. The van der Waals surface area contributed by atoms with Gasteiger partial charge in [0.1, 0.15) is 11.9 Å². The number of hydrogen-bond donors (Lipinski definition) is 0. The summed E-state index contributed by atoms with van der Waals surface area (Å²) < 4.78 is 6.08. The largest absolute Gasteiger partial charge is 0.369 e. The summed E-state index contributed by atoms with van der Waals surface area (Å²) in [5.41, 5.74) is 4.29. The quantitative estimate of drug-likeness (QED) is 0.590. The van der Waals surface area contributed by atoms with Crippen molar-refractivity contribution < 1.29 is 4.74 Å². The summed E-state index contributed by atoms with van der Waals surface area (Å²) >= 11 is 6.33. The third kappa shape index (κ3) is 4.98. The molecule has 30 heavy (non-hydrogen) atoms. The average molecular weight is 423 g/mol. The summed E-state index contributed by atoms with van der Waals surface area (Å²) in [6.07, 6.45) is 2.52. The summed E-state index contributed by atoms with van der Waals surface area (Å²) in [5, 5.41) is 0.776. The molecule has 2 aromatic heterocycles. The van der Waals surface area contributed by atoms with Gasteiger partial charge in [-0.25, -0.2) is 4.98 Å². The van der Waals surface area contributed by atoms with Crippen LogP contribution in [0.2, 0.25) is 5.02 Å². The third-order valence-corrected chi connectivity index (χ3v) is 5.69. The number of ether oxygens (including phenoxy) is 1. The van der Waals surface area contributed by atoms with Gasteiger partial charge in [0.2, 0.25) is 0 Å². The van der Waals surface area contributed by atoms with Crippen LogP contribution in [0.4, 0.5) is 5.82 Å². The van der Waals surface area contributed by atoms with Gasteiger partial charge in [0.15, 0.2) is 0 Å². The number of aromatic nitrogens is 2. The summed E-state index contributed by atoms with van der Waals surface area (Å²) in [7, 11) is 4.06. The van der Waals surface area contributed by atoms with E-state index in [1.54, 1.807) is 0 Å². The molecule has 1 aliphatic heterocycles. The van der Waals surface area contributed by atoms with Crippen molar-refractivity contribution in [1.82, 2.24) is 14.9 Å². The summed E-state index contributed by atoms with van der Waals surface area (Å²) in [5.74, 6) is 1.01. The van der Waals surface area contributed by atoms with Crippen LogP contribution in [0.1, 0.15) is 28.6 Å². The van der Waals surface area contributed by atoms with Crippen LogP contribution in [0.15, 0.2) is 60.8 Å². The Hall–Kier alpha value is -2.47. The molecule has 1 saturated heterocycles. The number of rotatable bonds is 6. The maximum atomic E-state index is 6.33. The molecular formula is C24H27ClN4O. The number of halogens is 1. The fourth-order valence-corrected chi connectivity index (χ4v) is 4.04. The number of hydrogen-bond acceptors (Lipinski definition) is 5. The molecule has 156 valence electrons. The number of pyridine rings is 2. The molecule has 5 nitrogen and oxygen atoms in total. The molecule has 0 radical (unpaired) electrons. The van der Waals surface area contributed by atoms with Gasteiger partial charge < -0.3 is 9.64 Å². The Morgan fingerprint density at radius 3 is 2.73 bits per heavy atom. The summed E-state index contributed by atoms with van der Waals surface area (Å²) in [6, 6.07) is 18.2. The van der Waals surface area contributed by atoms with Crippen LogP contribution in [0.3, 0.4) is 0 Å². The molecule has 1 aliphatic rings. The molecular weight excluding hydrogens is 396 g/mol. The van der Waals surface area contributed by atoms with E-state index >= 15 is 0 Å². The first-order valence-electron chi connectivity index (χ1n) is 10.2. The van der Waals surface area contributed by atoms with Gasteiger partial charge >= 0.3 is 0 Å². The minimum absolute atomic E-state index is 0.0376. The molecule has 0 N–H and O–H groups in total. The number of nitrogens with zero attached hydrogens (tertiary/aromatic N) is 4. The smallest absolute Gasteiger partial charge is 0.132 e. The van der Waals surface area contributed by atoms with Crippen LogP contribution in [0.5, 0.6) is 0 Å². The lowest BCUT2D eigenvalue weighted by Crippen LogP contribution is -2.38. The maximum Gasteiger partial charge on any atom is 0.132 e. The first kappa shape index (κ1) is 20.8. The molecule has 3 heterocycles. The SMILES string of the molecule is CN(C)c1ncccc1CN1CCO[C@H](c2cccc(Cc3ccccc3Cl)n2)C1. The van der Waals surface area contributed by atoms with Crippen LogP contribution in [-0.2, 0) is 17.7 Å². The molecule has 6 heteroatoms. The minimum Gasteiger partial charge on any atom is -0.369 e.